The quantitative estimate of drug-likeness (QED) is 0.745. The van der Waals surface area contributed by atoms with Crippen molar-refractivity contribution >= 4 is 21.8 Å². The van der Waals surface area contributed by atoms with Crippen LogP contribution in [-0.4, -0.2) is 50.7 Å². The molecule has 1 heterocycles. The summed E-state index contributed by atoms with van der Waals surface area (Å²) >= 11 is 0. The highest BCUT2D eigenvalue weighted by atomic mass is 32.2. The molecule has 0 saturated heterocycles. The van der Waals surface area contributed by atoms with Gasteiger partial charge in [-0.25, -0.2) is 0 Å². The van der Waals surface area contributed by atoms with Crippen LogP contribution in [0.3, 0.4) is 0 Å². The molecule has 0 radical (unpaired) electrons. The summed E-state index contributed by atoms with van der Waals surface area (Å²) in [5.41, 5.74) is 1.14. The summed E-state index contributed by atoms with van der Waals surface area (Å²) in [5.74, 6) is 1.57. The van der Waals surface area contributed by atoms with E-state index in [1.54, 1.807) is 19.2 Å². The Bertz CT molecular complexity index is 763. The Kier molecular flexibility index (Phi) is 5.93. The highest BCUT2D eigenvalue weighted by molar-refractivity contribution is 7.90. The van der Waals surface area contributed by atoms with Gasteiger partial charge in [-0.2, -0.15) is 12.7 Å². The van der Waals surface area contributed by atoms with Gasteiger partial charge in [-0.05, 0) is 36.2 Å². The van der Waals surface area contributed by atoms with Crippen LogP contribution in [0.15, 0.2) is 36.4 Å². The van der Waals surface area contributed by atoms with Crippen molar-refractivity contribution in [3.8, 4) is 5.75 Å². The SMILES string of the molecule is COc1cccc(CCNc2ccc(NS(=O)(=O)N(C)C)nn2)c1. The van der Waals surface area contributed by atoms with Crippen LogP contribution >= 0.6 is 0 Å². The van der Waals surface area contributed by atoms with E-state index in [1.807, 2.05) is 24.3 Å². The number of hydrogen-bond donors (Lipinski definition) is 2. The second-order valence-electron chi connectivity index (χ2n) is 5.22. The largest absolute Gasteiger partial charge is 0.497 e. The molecule has 0 unspecified atom stereocenters. The number of methoxy groups -OCH3 is 1. The van der Waals surface area contributed by atoms with Crippen LogP contribution in [0.4, 0.5) is 11.6 Å². The smallest absolute Gasteiger partial charge is 0.302 e. The molecule has 24 heavy (non-hydrogen) atoms. The summed E-state index contributed by atoms with van der Waals surface area (Å²) in [7, 11) is 0.932. The third kappa shape index (κ3) is 5.07. The number of anilines is 2. The maximum absolute atomic E-state index is 11.7. The summed E-state index contributed by atoms with van der Waals surface area (Å²) in [4.78, 5) is 0. The second-order valence-corrected chi connectivity index (χ2v) is 7.11. The van der Waals surface area contributed by atoms with Crippen LogP contribution in [0, 0.1) is 0 Å². The Balaban J connectivity index is 1.88. The number of aromatic nitrogens is 2. The first kappa shape index (κ1) is 18.0. The molecule has 0 atom stereocenters. The van der Waals surface area contributed by atoms with Crippen molar-refractivity contribution in [1.29, 1.82) is 0 Å². The molecule has 0 aliphatic rings. The van der Waals surface area contributed by atoms with E-state index >= 15 is 0 Å². The molecule has 0 bridgehead atoms. The minimum atomic E-state index is -3.58. The molecule has 0 spiro atoms. The zero-order valence-corrected chi connectivity index (χ0v) is 14.7. The monoisotopic (exact) mass is 351 g/mol. The standard InChI is InChI=1S/C15H21N5O3S/c1-20(2)24(21,22)19-15-8-7-14(17-18-15)16-10-9-12-5-4-6-13(11-12)23-3/h4-8,11H,9-10H2,1-3H3,(H,16,17)(H,18,19). The van der Waals surface area contributed by atoms with Gasteiger partial charge >= 0.3 is 10.2 Å². The molecule has 2 rings (SSSR count). The van der Waals surface area contributed by atoms with Crippen LogP contribution in [0.1, 0.15) is 5.56 Å². The topological polar surface area (TPSA) is 96.5 Å². The molecule has 1 aromatic heterocycles. The normalized spacial score (nSPS) is 11.3. The minimum absolute atomic E-state index is 0.169. The van der Waals surface area contributed by atoms with Crippen LogP contribution in [-0.2, 0) is 16.6 Å². The van der Waals surface area contributed by atoms with Gasteiger partial charge in [0.1, 0.15) is 11.6 Å². The van der Waals surface area contributed by atoms with Gasteiger partial charge in [0.2, 0.25) is 0 Å². The lowest BCUT2D eigenvalue weighted by atomic mass is 10.1. The van der Waals surface area contributed by atoms with E-state index in [-0.39, 0.29) is 5.82 Å². The van der Waals surface area contributed by atoms with E-state index in [2.05, 4.69) is 20.2 Å². The number of hydrogen-bond acceptors (Lipinski definition) is 6. The Labute approximate surface area is 142 Å². The highest BCUT2D eigenvalue weighted by Gasteiger charge is 2.13. The third-order valence-corrected chi connectivity index (χ3v) is 4.66. The molecule has 0 aliphatic carbocycles. The Morgan fingerprint density at radius 3 is 2.46 bits per heavy atom. The fraction of sp³-hybridized carbons (Fsp3) is 0.333. The first-order chi connectivity index (χ1) is 11.4. The lowest BCUT2D eigenvalue weighted by molar-refractivity contribution is 0.414. The van der Waals surface area contributed by atoms with E-state index in [1.165, 1.54) is 14.1 Å². The van der Waals surface area contributed by atoms with Crippen molar-refractivity contribution in [3.63, 3.8) is 0 Å². The van der Waals surface area contributed by atoms with Crippen LogP contribution < -0.4 is 14.8 Å². The van der Waals surface area contributed by atoms with E-state index in [9.17, 15) is 8.42 Å². The van der Waals surface area contributed by atoms with Crippen molar-refractivity contribution in [2.24, 2.45) is 0 Å². The molecule has 0 aliphatic heterocycles. The van der Waals surface area contributed by atoms with Crippen molar-refractivity contribution in [2.45, 2.75) is 6.42 Å². The molecule has 2 aromatic rings. The summed E-state index contributed by atoms with van der Waals surface area (Å²) in [6.45, 7) is 0.671. The van der Waals surface area contributed by atoms with Gasteiger partial charge < -0.3 is 10.1 Å². The van der Waals surface area contributed by atoms with Gasteiger partial charge in [0.25, 0.3) is 0 Å². The van der Waals surface area contributed by atoms with E-state index < -0.39 is 10.2 Å². The fourth-order valence-corrected chi connectivity index (χ4v) is 2.42. The number of benzene rings is 1. The van der Waals surface area contributed by atoms with Gasteiger partial charge in [0.15, 0.2) is 5.82 Å². The molecule has 1 aromatic carbocycles. The number of ether oxygens (including phenoxy) is 1. The average molecular weight is 351 g/mol. The number of rotatable bonds is 8. The second kappa shape index (κ2) is 7.93. The Morgan fingerprint density at radius 1 is 1.12 bits per heavy atom. The molecular formula is C15H21N5O3S. The molecule has 0 amide bonds. The molecule has 0 saturated carbocycles. The van der Waals surface area contributed by atoms with E-state index in [0.717, 1.165) is 22.0 Å². The van der Waals surface area contributed by atoms with E-state index in [0.29, 0.717) is 12.4 Å². The van der Waals surface area contributed by atoms with Crippen molar-refractivity contribution in [3.05, 3.63) is 42.0 Å². The lowest BCUT2D eigenvalue weighted by Crippen LogP contribution is -2.29. The zero-order chi connectivity index (χ0) is 17.6. The maximum Gasteiger partial charge on any atom is 0.302 e. The summed E-state index contributed by atoms with van der Waals surface area (Å²) in [6.07, 6.45) is 0.799. The number of nitrogens with zero attached hydrogens (tertiary/aromatic N) is 3. The Hall–Kier alpha value is -2.39. The van der Waals surface area contributed by atoms with Crippen LogP contribution in [0.2, 0.25) is 0 Å². The minimum Gasteiger partial charge on any atom is -0.497 e. The predicted molar refractivity (Wildman–Crippen MR) is 93.4 cm³/mol. The van der Waals surface area contributed by atoms with Gasteiger partial charge in [-0.15, -0.1) is 10.2 Å². The van der Waals surface area contributed by atoms with Gasteiger partial charge in [0, 0.05) is 20.6 Å². The predicted octanol–water partition coefficient (Wildman–Crippen LogP) is 1.36. The van der Waals surface area contributed by atoms with Crippen LogP contribution in [0.25, 0.3) is 0 Å². The van der Waals surface area contributed by atoms with Gasteiger partial charge in [-0.3, -0.25) is 4.72 Å². The third-order valence-electron chi connectivity index (χ3n) is 3.23. The van der Waals surface area contributed by atoms with Gasteiger partial charge in [-0.1, -0.05) is 12.1 Å². The molecule has 9 heteroatoms. The van der Waals surface area contributed by atoms with Crippen molar-refractivity contribution < 1.29 is 13.2 Å². The molecule has 130 valence electrons. The van der Waals surface area contributed by atoms with E-state index in [4.69, 9.17) is 4.74 Å². The summed E-state index contributed by atoms with van der Waals surface area (Å²) in [6, 6.07) is 11.1. The maximum atomic E-state index is 11.7. The fourth-order valence-electron chi connectivity index (χ4n) is 1.87. The van der Waals surface area contributed by atoms with Crippen molar-refractivity contribution in [1.82, 2.24) is 14.5 Å². The molecule has 0 fully saturated rings. The van der Waals surface area contributed by atoms with Gasteiger partial charge in [0.05, 0.1) is 7.11 Å². The first-order valence-corrected chi connectivity index (χ1v) is 8.75. The zero-order valence-electron chi connectivity index (χ0n) is 13.9. The van der Waals surface area contributed by atoms with Crippen LogP contribution in [0.5, 0.6) is 5.75 Å². The molecular weight excluding hydrogens is 330 g/mol. The first-order valence-electron chi connectivity index (χ1n) is 7.31. The summed E-state index contributed by atoms with van der Waals surface area (Å²) < 4.78 is 31.9. The average Bonchev–Trinajstić information content (AvgIpc) is 2.56. The summed E-state index contributed by atoms with van der Waals surface area (Å²) in [5, 5.41) is 10.9. The molecule has 2 N–H and O–H groups in total. The number of nitrogens with one attached hydrogen (secondary N) is 2. The highest BCUT2D eigenvalue weighted by Crippen LogP contribution is 2.13. The Morgan fingerprint density at radius 2 is 1.83 bits per heavy atom. The van der Waals surface area contributed by atoms with Crippen molar-refractivity contribution in [2.75, 3.05) is 37.8 Å². The molecule has 8 nitrogen and oxygen atoms in total. The lowest BCUT2D eigenvalue weighted by Gasteiger charge is -2.12.